The van der Waals surface area contributed by atoms with E-state index in [2.05, 4.69) is 100 Å². The van der Waals surface area contributed by atoms with Crippen LogP contribution in [0.3, 0.4) is 0 Å². The van der Waals surface area contributed by atoms with Gasteiger partial charge >= 0.3 is 17.5 Å². The first-order valence-corrected chi connectivity index (χ1v) is 27.5. The van der Waals surface area contributed by atoms with Crippen LogP contribution in [0.4, 0.5) is 4.79 Å². The molecule has 17 heteroatoms. The van der Waals surface area contributed by atoms with Gasteiger partial charge in [0.25, 0.3) is 27.8 Å². The lowest BCUT2D eigenvalue weighted by Crippen LogP contribution is -2.67. The van der Waals surface area contributed by atoms with Gasteiger partial charge in [-0.15, -0.1) is 0 Å². The van der Waals surface area contributed by atoms with Crippen molar-refractivity contribution in [2.24, 2.45) is 0 Å². The maximum Gasteiger partial charge on any atom is 0.509 e. The smallest absolute Gasteiger partial charge is 0.428 e. The van der Waals surface area contributed by atoms with Crippen LogP contribution in [0.15, 0.2) is 153 Å². The minimum absolute atomic E-state index is 0.0193. The summed E-state index contributed by atoms with van der Waals surface area (Å²) < 4.78 is 42.8. The van der Waals surface area contributed by atoms with Crippen LogP contribution in [0.2, 0.25) is 10.1 Å². The zero-order valence-electron chi connectivity index (χ0n) is 40.9. The first-order chi connectivity index (χ1) is 33.3. The SMILES string of the molecule is Cc1cn([C@H]2C[C@H](OC(=O)O[C@H]3C[C@H](n4cc(C)c(=O)[nH]c4=O)O[C@@H]3CO[Si](c3ccccc3)(c3ccccc3)C(C)(C)C)[C@@H](CO[Si](c3ccccc3)(c3ccccc3)C(C)(C)C)O2)c(=O)[nH]c1=O. The number of ether oxygens (including phenoxy) is 4. The van der Waals surface area contributed by atoms with Crippen molar-refractivity contribution in [2.45, 2.75) is 115 Å². The van der Waals surface area contributed by atoms with E-state index in [1.54, 1.807) is 13.8 Å². The van der Waals surface area contributed by atoms with E-state index in [9.17, 15) is 24.0 Å². The van der Waals surface area contributed by atoms with Crippen LogP contribution in [-0.4, -0.2) is 79.5 Å². The molecule has 8 rings (SSSR count). The van der Waals surface area contributed by atoms with Gasteiger partial charge in [-0.25, -0.2) is 14.4 Å². The molecule has 4 heterocycles. The lowest BCUT2D eigenvalue weighted by atomic mass is 10.2. The summed E-state index contributed by atoms with van der Waals surface area (Å²) in [6.07, 6.45) is -3.83. The molecule has 2 N–H and O–H groups in total. The van der Waals surface area contributed by atoms with Gasteiger partial charge in [-0.05, 0) is 44.7 Å². The summed E-state index contributed by atoms with van der Waals surface area (Å²) in [4.78, 5) is 70.6. The van der Waals surface area contributed by atoms with Crippen molar-refractivity contribution in [2.75, 3.05) is 13.2 Å². The Morgan fingerprint density at radius 2 is 0.843 bits per heavy atom. The molecule has 15 nitrogen and oxygen atoms in total. The molecule has 0 amide bonds. The highest BCUT2D eigenvalue weighted by Gasteiger charge is 2.54. The topological polar surface area (TPSA) is 182 Å². The number of hydrogen-bond donors (Lipinski definition) is 2. The van der Waals surface area contributed by atoms with Crippen LogP contribution in [0.5, 0.6) is 0 Å². The van der Waals surface area contributed by atoms with Crippen LogP contribution in [0.1, 0.15) is 78.0 Å². The summed E-state index contributed by atoms with van der Waals surface area (Å²) >= 11 is 0. The van der Waals surface area contributed by atoms with Gasteiger partial charge in [0.2, 0.25) is 0 Å². The molecule has 70 heavy (non-hydrogen) atoms. The zero-order valence-corrected chi connectivity index (χ0v) is 42.9. The second kappa shape index (κ2) is 20.3. The van der Waals surface area contributed by atoms with Gasteiger partial charge in [0, 0.05) is 36.4 Å². The maximum absolute atomic E-state index is 14.4. The monoisotopic (exact) mass is 986 g/mol. The molecule has 368 valence electrons. The second-order valence-corrected chi connectivity index (χ2v) is 28.8. The van der Waals surface area contributed by atoms with Crippen molar-refractivity contribution in [3.63, 3.8) is 0 Å². The third-order valence-electron chi connectivity index (χ3n) is 13.5. The predicted octanol–water partition coefficient (Wildman–Crippen LogP) is 5.32. The van der Waals surface area contributed by atoms with E-state index in [1.165, 1.54) is 21.5 Å². The van der Waals surface area contributed by atoms with Gasteiger partial charge in [-0.2, -0.15) is 0 Å². The molecule has 0 bridgehead atoms. The Balaban J connectivity index is 1.12. The van der Waals surface area contributed by atoms with E-state index >= 15 is 0 Å². The Hall–Kier alpha value is -6.22. The van der Waals surface area contributed by atoms with E-state index in [1.807, 2.05) is 72.8 Å². The number of nitrogens with zero attached hydrogens (tertiary/aromatic N) is 2. The van der Waals surface area contributed by atoms with Crippen LogP contribution in [0, 0.1) is 13.8 Å². The van der Waals surface area contributed by atoms with Crippen molar-refractivity contribution >= 4 is 43.5 Å². The summed E-state index contributed by atoms with van der Waals surface area (Å²) in [5, 5.41) is 3.34. The fourth-order valence-electron chi connectivity index (χ4n) is 10.1. The molecule has 2 aliphatic rings. The van der Waals surface area contributed by atoms with Crippen LogP contribution < -0.4 is 43.2 Å². The summed E-state index contributed by atoms with van der Waals surface area (Å²) in [7, 11) is -6.28. The van der Waals surface area contributed by atoms with E-state index in [-0.39, 0.29) is 26.1 Å². The Labute approximate surface area is 408 Å². The fourth-order valence-corrected chi connectivity index (χ4v) is 19.2. The third kappa shape index (κ3) is 9.91. The number of aryl methyl sites for hydroxylation is 2. The number of nitrogens with one attached hydrogen (secondary N) is 2. The number of aromatic amines is 2. The van der Waals surface area contributed by atoms with E-state index in [0.717, 1.165) is 20.7 Å². The van der Waals surface area contributed by atoms with Crippen LogP contribution in [-0.2, 0) is 27.8 Å². The number of aromatic nitrogens is 4. The van der Waals surface area contributed by atoms with Crippen molar-refractivity contribution < 1.29 is 32.6 Å². The molecule has 2 saturated heterocycles. The van der Waals surface area contributed by atoms with Gasteiger partial charge in [0.05, 0.1) is 13.2 Å². The number of carbonyl (C=O) groups is 1. The van der Waals surface area contributed by atoms with Crippen molar-refractivity contribution in [3.05, 3.63) is 187 Å². The second-order valence-electron chi connectivity index (χ2n) is 20.2. The molecule has 0 saturated carbocycles. The first kappa shape index (κ1) is 50.2. The third-order valence-corrected chi connectivity index (χ3v) is 23.5. The molecule has 4 aromatic carbocycles. The maximum atomic E-state index is 14.4. The fraction of sp³-hybridized carbons (Fsp3) is 0.377. The summed E-state index contributed by atoms with van der Waals surface area (Å²) in [5.74, 6) is 0. The van der Waals surface area contributed by atoms with Gasteiger partial charge < -0.3 is 27.8 Å². The average Bonchev–Trinajstić information content (AvgIpc) is 3.92. The quantitative estimate of drug-likeness (QED) is 0.107. The first-order valence-electron chi connectivity index (χ1n) is 23.6. The number of hydrogen-bond acceptors (Lipinski definition) is 11. The number of H-pyrrole nitrogens is 2. The molecule has 0 aliphatic carbocycles. The Morgan fingerprint density at radius 3 is 1.13 bits per heavy atom. The minimum atomic E-state index is -3.14. The summed E-state index contributed by atoms with van der Waals surface area (Å²) in [5.41, 5.74) is -1.81. The zero-order chi connectivity index (χ0) is 50.0. The lowest BCUT2D eigenvalue weighted by Gasteiger charge is -2.43. The standard InChI is InChI=1S/C53H62N4O11Si2/c1-35-31-56(49(60)54-47(35)58)45-29-41(43(65-45)33-63-69(52(3,4)5,37-21-13-9-14-22-37)38-23-15-10-16-24-38)67-51(62)68-42-30-46(57-32-36(2)48(59)55-50(57)61)66-44(42)34-64-70(53(6,7)8,39-25-17-11-18-26-39)40-27-19-12-20-28-40/h9-28,31-32,41-46H,29-30,33-34H2,1-8H3,(H,54,58,60)(H,55,59,61)/t41-,42-,43+,44+,45+,46+/m0/s1. The molecular formula is C53H62N4O11Si2. The van der Waals surface area contributed by atoms with Crippen molar-refractivity contribution in [1.82, 2.24) is 19.1 Å². The van der Waals surface area contributed by atoms with Gasteiger partial charge in [-0.1, -0.05) is 163 Å². The molecule has 6 atom stereocenters. The molecule has 2 aliphatic heterocycles. The molecule has 0 unspecified atom stereocenters. The Bertz CT molecular complexity index is 2720. The molecule has 2 fully saturated rings. The molecule has 2 aromatic heterocycles. The lowest BCUT2D eigenvalue weighted by molar-refractivity contribution is -0.0738. The largest absolute Gasteiger partial charge is 0.509 e. The number of carbonyl (C=O) groups excluding carboxylic acids is 1. The van der Waals surface area contributed by atoms with Gasteiger partial charge in [0.15, 0.2) is 0 Å². The number of benzene rings is 4. The molecular weight excluding hydrogens is 925 g/mol. The Kier molecular flexibility index (Phi) is 14.5. The van der Waals surface area contributed by atoms with E-state index in [4.69, 9.17) is 27.8 Å². The van der Waals surface area contributed by atoms with Crippen LogP contribution in [0.25, 0.3) is 0 Å². The summed E-state index contributed by atoms with van der Waals surface area (Å²) in [6, 6.07) is 40.3. The molecule has 0 spiro atoms. The summed E-state index contributed by atoms with van der Waals surface area (Å²) in [6.45, 7) is 16.0. The molecule has 0 radical (unpaired) electrons. The van der Waals surface area contributed by atoms with Crippen molar-refractivity contribution in [1.29, 1.82) is 0 Å². The van der Waals surface area contributed by atoms with Gasteiger partial charge in [0.1, 0.15) is 36.9 Å². The highest BCUT2D eigenvalue weighted by molar-refractivity contribution is 7.00. The molecule has 6 aromatic rings. The number of rotatable bonds is 14. The minimum Gasteiger partial charge on any atom is -0.428 e. The highest BCUT2D eigenvalue weighted by atomic mass is 28.4. The van der Waals surface area contributed by atoms with Crippen LogP contribution >= 0.6 is 0 Å². The highest BCUT2D eigenvalue weighted by Crippen LogP contribution is 2.41. The van der Waals surface area contributed by atoms with E-state index < -0.39 is 92.2 Å². The average molecular weight is 987 g/mol. The van der Waals surface area contributed by atoms with E-state index in [0.29, 0.717) is 11.1 Å². The predicted molar refractivity (Wildman–Crippen MR) is 271 cm³/mol. The normalized spacial score (nSPS) is 20.9. The van der Waals surface area contributed by atoms with Crippen molar-refractivity contribution in [3.8, 4) is 0 Å². The van der Waals surface area contributed by atoms with Gasteiger partial charge in [-0.3, -0.25) is 28.7 Å². The Morgan fingerprint density at radius 1 is 0.543 bits per heavy atom.